The normalized spacial score (nSPS) is 10.6. The van der Waals surface area contributed by atoms with Crippen molar-refractivity contribution in [3.05, 3.63) is 53.5 Å². The van der Waals surface area contributed by atoms with Crippen molar-refractivity contribution in [3.63, 3.8) is 0 Å². The van der Waals surface area contributed by atoms with E-state index in [0.717, 1.165) is 30.1 Å². The Labute approximate surface area is 95.3 Å². The number of furan rings is 1. The summed E-state index contributed by atoms with van der Waals surface area (Å²) >= 11 is 0. The summed E-state index contributed by atoms with van der Waals surface area (Å²) in [7, 11) is 0. The quantitative estimate of drug-likeness (QED) is 0.772. The molecule has 3 nitrogen and oxygen atoms in total. The molecule has 0 bridgehead atoms. The van der Waals surface area contributed by atoms with Gasteiger partial charge in [-0.1, -0.05) is 12.1 Å². The number of nitrogens with two attached hydrogens (primary N) is 1. The van der Waals surface area contributed by atoms with Crippen LogP contribution in [0, 0.1) is 6.92 Å². The Morgan fingerprint density at radius 2 is 2.12 bits per heavy atom. The molecule has 0 aliphatic heterocycles. The molecule has 0 saturated heterocycles. The van der Waals surface area contributed by atoms with E-state index in [1.807, 2.05) is 31.2 Å². The number of benzene rings is 1. The first-order valence-corrected chi connectivity index (χ1v) is 5.34. The lowest BCUT2D eigenvalue weighted by Crippen LogP contribution is -2.12. The molecule has 0 unspecified atom stereocenters. The molecule has 0 aliphatic rings. The molecular weight excluding hydrogens is 200 g/mol. The Bertz CT molecular complexity index is 449. The maximum Gasteiger partial charge on any atom is 0.117 e. The van der Waals surface area contributed by atoms with Crippen LogP contribution in [0.15, 0.2) is 41.0 Å². The van der Waals surface area contributed by atoms with Crippen LogP contribution in [0.5, 0.6) is 0 Å². The van der Waals surface area contributed by atoms with Crippen molar-refractivity contribution in [2.75, 3.05) is 5.73 Å². The first-order chi connectivity index (χ1) is 7.75. The number of nitrogen functional groups attached to an aromatic ring is 1. The van der Waals surface area contributed by atoms with Crippen molar-refractivity contribution in [3.8, 4) is 0 Å². The van der Waals surface area contributed by atoms with E-state index in [1.54, 1.807) is 6.26 Å². The number of hydrogen-bond donors (Lipinski definition) is 2. The van der Waals surface area contributed by atoms with Gasteiger partial charge in [0.25, 0.3) is 0 Å². The fourth-order valence-corrected chi connectivity index (χ4v) is 1.59. The largest absolute Gasteiger partial charge is 0.468 e. The number of anilines is 1. The van der Waals surface area contributed by atoms with Crippen LogP contribution in [0.4, 0.5) is 5.69 Å². The molecule has 0 amide bonds. The van der Waals surface area contributed by atoms with Crippen LogP contribution in [-0.2, 0) is 13.1 Å². The van der Waals surface area contributed by atoms with Crippen LogP contribution in [0.1, 0.15) is 16.9 Å². The average Bonchev–Trinajstić information content (AvgIpc) is 2.76. The molecule has 0 spiro atoms. The predicted molar refractivity (Wildman–Crippen MR) is 64.8 cm³/mol. The molecule has 1 aromatic heterocycles. The van der Waals surface area contributed by atoms with Crippen molar-refractivity contribution in [2.24, 2.45) is 0 Å². The second-order valence-corrected chi connectivity index (χ2v) is 3.87. The zero-order valence-electron chi connectivity index (χ0n) is 9.36. The summed E-state index contributed by atoms with van der Waals surface area (Å²) in [5.41, 5.74) is 8.96. The Morgan fingerprint density at radius 1 is 1.25 bits per heavy atom. The van der Waals surface area contributed by atoms with Gasteiger partial charge in [-0.25, -0.2) is 0 Å². The summed E-state index contributed by atoms with van der Waals surface area (Å²) in [6.07, 6.45) is 1.68. The molecule has 16 heavy (non-hydrogen) atoms. The number of nitrogens with one attached hydrogen (secondary N) is 1. The lowest BCUT2D eigenvalue weighted by atomic mass is 10.1. The van der Waals surface area contributed by atoms with Crippen LogP contribution in [0.2, 0.25) is 0 Å². The number of hydrogen-bond acceptors (Lipinski definition) is 3. The highest BCUT2D eigenvalue weighted by atomic mass is 16.3. The van der Waals surface area contributed by atoms with Gasteiger partial charge in [-0.05, 0) is 36.2 Å². The minimum absolute atomic E-state index is 0.746. The predicted octanol–water partition coefficient (Wildman–Crippen LogP) is 2.46. The molecule has 0 aliphatic carbocycles. The molecule has 1 aromatic carbocycles. The third-order valence-corrected chi connectivity index (χ3v) is 2.54. The lowest BCUT2D eigenvalue weighted by molar-refractivity contribution is 0.483. The van der Waals surface area contributed by atoms with Crippen LogP contribution >= 0.6 is 0 Å². The molecule has 0 saturated carbocycles. The van der Waals surface area contributed by atoms with Crippen molar-refractivity contribution >= 4 is 5.69 Å². The Kier molecular flexibility index (Phi) is 3.27. The molecule has 84 valence electrons. The van der Waals surface area contributed by atoms with Crippen LogP contribution < -0.4 is 11.1 Å². The van der Waals surface area contributed by atoms with E-state index in [-0.39, 0.29) is 0 Å². The highest BCUT2D eigenvalue weighted by Crippen LogP contribution is 2.12. The van der Waals surface area contributed by atoms with Gasteiger partial charge in [0.05, 0.1) is 12.8 Å². The molecule has 1 heterocycles. The molecular formula is C13H16N2O. The minimum atomic E-state index is 0.746. The van der Waals surface area contributed by atoms with Gasteiger partial charge in [0, 0.05) is 12.2 Å². The standard InChI is InChI=1S/C13H16N2O/c1-10-7-11(4-5-13(10)14)8-15-9-12-3-2-6-16-12/h2-7,15H,8-9,14H2,1H3. The Balaban J connectivity index is 1.87. The van der Waals surface area contributed by atoms with Crippen molar-refractivity contribution in [1.82, 2.24) is 5.32 Å². The average molecular weight is 216 g/mol. The second kappa shape index (κ2) is 4.86. The third kappa shape index (κ3) is 2.64. The van der Waals surface area contributed by atoms with E-state index in [2.05, 4.69) is 11.4 Å². The minimum Gasteiger partial charge on any atom is -0.468 e. The van der Waals surface area contributed by atoms with Crippen molar-refractivity contribution < 1.29 is 4.42 Å². The van der Waals surface area contributed by atoms with Crippen LogP contribution in [0.25, 0.3) is 0 Å². The summed E-state index contributed by atoms with van der Waals surface area (Å²) < 4.78 is 5.23. The smallest absolute Gasteiger partial charge is 0.117 e. The van der Waals surface area contributed by atoms with Gasteiger partial charge < -0.3 is 15.5 Å². The van der Waals surface area contributed by atoms with Gasteiger partial charge in [0.1, 0.15) is 5.76 Å². The van der Waals surface area contributed by atoms with E-state index < -0.39 is 0 Å². The molecule has 2 rings (SSSR count). The first kappa shape index (κ1) is 10.8. The molecule has 0 atom stereocenters. The van der Waals surface area contributed by atoms with Crippen LogP contribution in [0.3, 0.4) is 0 Å². The van der Waals surface area contributed by atoms with E-state index in [0.29, 0.717) is 0 Å². The first-order valence-electron chi connectivity index (χ1n) is 5.34. The summed E-state index contributed by atoms with van der Waals surface area (Å²) in [4.78, 5) is 0. The summed E-state index contributed by atoms with van der Waals surface area (Å²) in [6.45, 7) is 3.59. The maximum absolute atomic E-state index is 5.76. The number of aryl methyl sites for hydroxylation is 1. The fraction of sp³-hybridized carbons (Fsp3) is 0.231. The molecule has 2 aromatic rings. The zero-order valence-corrected chi connectivity index (χ0v) is 9.36. The van der Waals surface area contributed by atoms with Gasteiger partial charge in [0.15, 0.2) is 0 Å². The Hall–Kier alpha value is -1.74. The zero-order chi connectivity index (χ0) is 11.4. The van der Waals surface area contributed by atoms with Gasteiger partial charge >= 0.3 is 0 Å². The van der Waals surface area contributed by atoms with E-state index >= 15 is 0 Å². The van der Waals surface area contributed by atoms with Crippen molar-refractivity contribution in [2.45, 2.75) is 20.0 Å². The maximum atomic E-state index is 5.76. The summed E-state index contributed by atoms with van der Waals surface area (Å²) in [5, 5.41) is 3.32. The highest BCUT2D eigenvalue weighted by Gasteiger charge is 1.98. The monoisotopic (exact) mass is 216 g/mol. The lowest BCUT2D eigenvalue weighted by Gasteiger charge is -2.06. The number of rotatable bonds is 4. The molecule has 0 fully saturated rings. The highest BCUT2D eigenvalue weighted by molar-refractivity contribution is 5.47. The van der Waals surface area contributed by atoms with Gasteiger partial charge in [-0.2, -0.15) is 0 Å². The van der Waals surface area contributed by atoms with E-state index in [9.17, 15) is 0 Å². The second-order valence-electron chi connectivity index (χ2n) is 3.87. The Morgan fingerprint density at radius 3 is 2.81 bits per heavy atom. The molecule has 3 heteroatoms. The SMILES string of the molecule is Cc1cc(CNCc2ccco2)ccc1N. The van der Waals surface area contributed by atoms with Crippen LogP contribution in [-0.4, -0.2) is 0 Å². The topological polar surface area (TPSA) is 51.2 Å². The summed E-state index contributed by atoms with van der Waals surface area (Å²) in [5.74, 6) is 0.951. The molecule has 0 radical (unpaired) electrons. The van der Waals surface area contributed by atoms with Gasteiger partial charge in [0.2, 0.25) is 0 Å². The van der Waals surface area contributed by atoms with Gasteiger partial charge in [-0.15, -0.1) is 0 Å². The van der Waals surface area contributed by atoms with Gasteiger partial charge in [-0.3, -0.25) is 0 Å². The molecule has 3 N–H and O–H groups in total. The fourth-order valence-electron chi connectivity index (χ4n) is 1.59. The van der Waals surface area contributed by atoms with E-state index in [1.165, 1.54) is 5.56 Å². The third-order valence-electron chi connectivity index (χ3n) is 2.54. The summed E-state index contributed by atoms with van der Waals surface area (Å²) in [6, 6.07) is 9.94. The van der Waals surface area contributed by atoms with Crippen molar-refractivity contribution in [1.29, 1.82) is 0 Å². The van der Waals surface area contributed by atoms with E-state index in [4.69, 9.17) is 10.2 Å².